The fourth-order valence-corrected chi connectivity index (χ4v) is 3.71. The molecule has 0 fully saturated rings. The maximum atomic E-state index is 13.0. The molecule has 0 radical (unpaired) electrons. The van der Waals surface area contributed by atoms with E-state index in [0.29, 0.717) is 23.7 Å². The smallest absolute Gasteiger partial charge is 0.278 e. The quantitative estimate of drug-likeness (QED) is 0.326. The van der Waals surface area contributed by atoms with Gasteiger partial charge in [0.1, 0.15) is 6.61 Å². The summed E-state index contributed by atoms with van der Waals surface area (Å²) in [5.74, 6) is 0.650. The lowest BCUT2D eigenvalue weighted by Crippen LogP contribution is -2.26. The van der Waals surface area contributed by atoms with Gasteiger partial charge in [-0.15, -0.1) is 0 Å². The van der Waals surface area contributed by atoms with Crippen molar-refractivity contribution in [1.29, 1.82) is 0 Å². The van der Waals surface area contributed by atoms with Crippen LogP contribution in [0.5, 0.6) is 11.5 Å². The van der Waals surface area contributed by atoms with Gasteiger partial charge in [0.2, 0.25) is 0 Å². The summed E-state index contributed by atoms with van der Waals surface area (Å²) in [7, 11) is 4.55. The van der Waals surface area contributed by atoms with Crippen molar-refractivity contribution in [3.8, 4) is 11.5 Å². The number of hydrogen-bond acceptors (Lipinski definition) is 6. The largest absolute Gasteiger partial charge is 0.485 e. The molecule has 3 aromatic rings. The molecule has 1 amide bonds. The zero-order chi connectivity index (χ0) is 22.1. The minimum atomic E-state index is -0.294. The SMILES string of the molecule is COCOc1cc(C(=O)N(C)OC)c(Sc2ccccc2)cc1OCc1ccccc1. The van der Waals surface area contributed by atoms with Crippen LogP contribution < -0.4 is 9.47 Å². The minimum Gasteiger partial charge on any atom is -0.485 e. The zero-order valence-corrected chi connectivity index (χ0v) is 18.6. The molecule has 0 aliphatic rings. The van der Waals surface area contributed by atoms with Crippen LogP contribution in [0.4, 0.5) is 0 Å². The topological polar surface area (TPSA) is 57.2 Å². The van der Waals surface area contributed by atoms with Crippen LogP contribution in [0, 0.1) is 0 Å². The molecule has 0 spiro atoms. The zero-order valence-electron chi connectivity index (χ0n) is 17.7. The lowest BCUT2D eigenvalue weighted by Gasteiger charge is -2.19. The molecule has 0 saturated heterocycles. The van der Waals surface area contributed by atoms with Gasteiger partial charge in [-0.3, -0.25) is 9.63 Å². The van der Waals surface area contributed by atoms with Gasteiger partial charge in [0, 0.05) is 23.9 Å². The van der Waals surface area contributed by atoms with Gasteiger partial charge < -0.3 is 14.2 Å². The van der Waals surface area contributed by atoms with Crippen molar-refractivity contribution in [1.82, 2.24) is 5.06 Å². The van der Waals surface area contributed by atoms with E-state index in [1.165, 1.54) is 31.0 Å². The normalized spacial score (nSPS) is 10.5. The van der Waals surface area contributed by atoms with Crippen molar-refractivity contribution < 1.29 is 23.8 Å². The van der Waals surface area contributed by atoms with E-state index in [4.69, 9.17) is 19.0 Å². The molecule has 3 rings (SSSR count). The summed E-state index contributed by atoms with van der Waals surface area (Å²) in [4.78, 5) is 19.8. The number of hydrogen-bond donors (Lipinski definition) is 0. The Labute approximate surface area is 186 Å². The fraction of sp³-hybridized carbons (Fsp3) is 0.208. The van der Waals surface area contributed by atoms with Crippen LogP contribution in [0.25, 0.3) is 0 Å². The van der Waals surface area contributed by atoms with E-state index in [1.54, 1.807) is 13.1 Å². The average molecular weight is 440 g/mol. The minimum absolute atomic E-state index is 0.0284. The highest BCUT2D eigenvalue weighted by molar-refractivity contribution is 7.99. The standard InChI is InChI=1S/C24H25NO5S/c1-25(28-3)24(26)20-14-21(30-17-27-2)22(29-16-18-10-6-4-7-11-18)15-23(20)31-19-12-8-5-9-13-19/h4-15H,16-17H2,1-3H3. The van der Waals surface area contributed by atoms with Crippen LogP contribution in [-0.2, 0) is 16.2 Å². The molecule has 0 aromatic heterocycles. The Kier molecular flexibility index (Phi) is 8.35. The number of carbonyl (C=O) groups excluding carboxylic acids is 1. The first-order valence-corrected chi connectivity index (χ1v) is 10.5. The predicted molar refractivity (Wildman–Crippen MR) is 119 cm³/mol. The van der Waals surface area contributed by atoms with Gasteiger partial charge in [0.05, 0.1) is 12.7 Å². The summed E-state index contributed by atoms with van der Waals surface area (Å²) < 4.78 is 16.8. The Bertz CT molecular complexity index is 982. The molecule has 0 atom stereocenters. The number of benzene rings is 3. The van der Waals surface area contributed by atoms with E-state index < -0.39 is 0 Å². The number of hydroxylamine groups is 2. The Morgan fingerprint density at radius 2 is 1.55 bits per heavy atom. The molecule has 0 aliphatic carbocycles. The second kappa shape index (κ2) is 11.4. The van der Waals surface area contributed by atoms with Gasteiger partial charge in [-0.2, -0.15) is 0 Å². The van der Waals surface area contributed by atoms with Gasteiger partial charge in [-0.05, 0) is 29.8 Å². The molecule has 31 heavy (non-hydrogen) atoms. The average Bonchev–Trinajstić information content (AvgIpc) is 2.82. The second-order valence-electron chi connectivity index (χ2n) is 6.52. The molecule has 6 nitrogen and oxygen atoms in total. The van der Waals surface area contributed by atoms with Crippen LogP contribution in [0.15, 0.2) is 82.6 Å². The molecule has 0 saturated carbocycles. The Balaban J connectivity index is 2.00. The van der Waals surface area contributed by atoms with Crippen LogP contribution in [0.2, 0.25) is 0 Å². The molecule has 0 aliphatic heterocycles. The molecule has 7 heteroatoms. The van der Waals surface area contributed by atoms with Gasteiger partial charge >= 0.3 is 0 Å². The molecular weight excluding hydrogens is 414 g/mol. The summed E-state index contributed by atoms with van der Waals surface area (Å²) in [5, 5.41) is 1.18. The highest BCUT2D eigenvalue weighted by Crippen LogP contribution is 2.39. The third kappa shape index (κ3) is 6.24. The Hall–Kier alpha value is -3.00. The van der Waals surface area contributed by atoms with Crippen molar-refractivity contribution in [2.24, 2.45) is 0 Å². The number of amides is 1. The molecule has 0 heterocycles. The maximum absolute atomic E-state index is 13.0. The summed E-state index contributed by atoms with van der Waals surface area (Å²) in [5.41, 5.74) is 1.47. The number of rotatable bonds is 10. The van der Waals surface area contributed by atoms with E-state index in [9.17, 15) is 4.79 Å². The number of methoxy groups -OCH3 is 1. The molecule has 3 aromatic carbocycles. The summed E-state index contributed by atoms with van der Waals surface area (Å²) >= 11 is 1.47. The van der Waals surface area contributed by atoms with Crippen LogP contribution in [-0.4, -0.2) is 39.0 Å². The monoisotopic (exact) mass is 439 g/mol. The third-order valence-electron chi connectivity index (χ3n) is 4.38. The van der Waals surface area contributed by atoms with E-state index >= 15 is 0 Å². The molecule has 0 N–H and O–H groups in total. The van der Waals surface area contributed by atoms with Gasteiger partial charge in [-0.25, -0.2) is 5.06 Å². The summed E-state index contributed by atoms with van der Waals surface area (Å²) in [6.45, 7) is 0.394. The molecule has 0 unspecified atom stereocenters. The van der Waals surface area contributed by atoms with Crippen molar-refractivity contribution >= 4 is 17.7 Å². The Morgan fingerprint density at radius 3 is 2.19 bits per heavy atom. The number of nitrogens with zero attached hydrogens (tertiary/aromatic N) is 1. The molecular formula is C24H25NO5S. The van der Waals surface area contributed by atoms with Crippen LogP contribution in [0.3, 0.4) is 0 Å². The van der Waals surface area contributed by atoms with E-state index in [2.05, 4.69) is 0 Å². The maximum Gasteiger partial charge on any atom is 0.278 e. The predicted octanol–water partition coefficient (Wildman–Crippen LogP) is 5.03. The number of carbonyl (C=O) groups is 1. The summed E-state index contributed by atoms with van der Waals surface area (Å²) in [6.07, 6.45) is 0. The third-order valence-corrected chi connectivity index (χ3v) is 5.44. The van der Waals surface area contributed by atoms with E-state index in [0.717, 1.165) is 15.4 Å². The van der Waals surface area contributed by atoms with Crippen LogP contribution >= 0.6 is 11.8 Å². The lowest BCUT2D eigenvalue weighted by molar-refractivity contribution is -0.0759. The molecule has 162 valence electrons. The van der Waals surface area contributed by atoms with Gasteiger partial charge in [-0.1, -0.05) is 60.3 Å². The van der Waals surface area contributed by atoms with E-state index in [-0.39, 0.29) is 12.7 Å². The molecule has 0 bridgehead atoms. The highest BCUT2D eigenvalue weighted by atomic mass is 32.2. The fourth-order valence-electron chi connectivity index (χ4n) is 2.74. The Morgan fingerprint density at radius 1 is 0.903 bits per heavy atom. The van der Waals surface area contributed by atoms with E-state index in [1.807, 2.05) is 66.7 Å². The first-order valence-electron chi connectivity index (χ1n) is 9.64. The number of ether oxygens (including phenoxy) is 3. The first-order chi connectivity index (χ1) is 15.1. The lowest BCUT2D eigenvalue weighted by atomic mass is 10.1. The van der Waals surface area contributed by atoms with Crippen LogP contribution in [0.1, 0.15) is 15.9 Å². The highest BCUT2D eigenvalue weighted by Gasteiger charge is 2.21. The van der Waals surface area contributed by atoms with Crippen molar-refractivity contribution in [2.45, 2.75) is 16.4 Å². The summed E-state index contributed by atoms with van der Waals surface area (Å²) in [6, 6.07) is 23.2. The first kappa shape index (κ1) is 22.7. The van der Waals surface area contributed by atoms with Gasteiger partial charge in [0.25, 0.3) is 5.91 Å². The van der Waals surface area contributed by atoms with Crippen molar-refractivity contribution in [3.05, 3.63) is 83.9 Å². The van der Waals surface area contributed by atoms with Crippen molar-refractivity contribution in [2.75, 3.05) is 28.1 Å². The van der Waals surface area contributed by atoms with Crippen molar-refractivity contribution in [3.63, 3.8) is 0 Å². The second-order valence-corrected chi connectivity index (χ2v) is 7.64. The van der Waals surface area contributed by atoms with Gasteiger partial charge in [0.15, 0.2) is 18.3 Å².